The highest BCUT2D eigenvalue weighted by molar-refractivity contribution is 9.10. The molecule has 0 unspecified atom stereocenters. The van der Waals surface area contributed by atoms with Crippen LogP contribution in [-0.4, -0.2) is 46.1 Å². The number of rotatable bonds is 7. The molecule has 1 aliphatic heterocycles. The molecule has 3 amide bonds. The fourth-order valence-electron chi connectivity index (χ4n) is 3.29. The van der Waals surface area contributed by atoms with Gasteiger partial charge in [0.15, 0.2) is 0 Å². The third kappa shape index (κ3) is 4.36. The number of amides is 3. The lowest BCUT2D eigenvalue weighted by Gasteiger charge is -2.13. The van der Waals surface area contributed by atoms with E-state index in [0.29, 0.717) is 16.8 Å². The van der Waals surface area contributed by atoms with Crippen LogP contribution in [0.25, 0.3) is 5.69 Å². The van der Waals surface area contributed by atoms with Gasteiger partial charge in [0.05, 0.1) is 36.2 Å². The van der Waals surface area contributed by atoms with E-state index < -0.39 is 0 Å². The summed E-state index contributed by atoms with van der Waals surface area (Å²) in [5, 5.41) is 7.22. The van der Waals surface area contributed by atoms with E-state index in [1.165, 1.54) is 0 Å². The molecule has 0 saturated heterocycles. The number of nitrogens with zero attached hydrogens (tertiary/aromatic N) is 3. The lowest BCUT2D eigenvalue weighted by Crippen LogP contribution is -2.34. The number of halogens is 1. The fraction of sp³-hybridized carbons (Fsp3) is 0.182. The summed E-state index contributed by atoms with van der Waals surface area (Å²) in [6.45, 7) is 0.271. The predicted octanol–water partition coefficient (Wildman–Crippen LogP) is 2.95. The van der Waals surface area contributed by atoms with Crippen molar-refractivity contribution >= 4 is 33.7 Å². The van der Waals surface area contributed by atoms with Gasteiger partial charge in [0.1, 0.15) is 5.75 Å². The molecule has 1 aromatic heterocycles. The van der Waals surface area contributed by atoms with Crippen molar-refractivity contribution in [2.75, 3.05) is 13.7 Å². The summed E-state index contributed by atoms with van der Waals surface area (Å²) in [6.07, 6.45) is 1.83. The van der Waals surface area contributed by atoms with Crippen LogP contribution in [0.1, 0.15) is 32.8 Å². The molecule has 0 fully saturated rings. The molecule has 1 N–H and O–H groups in total. The average molecular weight is 483 g/mol. The second kappa shape index (κ2) is 8.73. The van der Waals surface area contributed by atoms with E-state index in [1.54, 1.807) is 36.2 Å². The van der Waals surface area contributed by atoms with Crippen LogP contribution < -0.4 is 10.1 Å². The molecule has 2 heterocycles. The maximum atomic E-state index is 12.5. The number of carbonyl (C=O) groups excluding carboxylic acids is 3. The Kier molecular flexibility index (Phi) is 5.85. The molecule has 0 radical (unpaired) electrons. The van der Waals surface area contributed by atoms with Crippen molar-refractivity contribution in [3.8, 4) is 11.4 Å². The van der Waals surface area contributed by atoms with Crippen LogP contribution in [0.2, 0.25) is 0 Å². The number of benzene rings is 2. The normalized spacial score (nSPS) is 12.8. The summed E-state index contributed by atoms with van der Waals surface area (Å²) in [5.41, 5.74) is 2.27. The third-order valence-electron chi connectivity index (χ3n) is 4.94. The Morgan fingerprint density at radius 1 is 1.06 bits per heavy atom. The van der Waals surface area contributed by atoms with Crippen molar-refractivity contribution in [3.05, 3.63) is 76.0 Å². The van der Waals surface area contributed by atoms with E-state index in [1.807, 2.05) is 30.3 Å². The van der Waals surface area contributed by atoms with Gasteiger partial charge in [-0.2, -0.15) is 5.10 Å². The number of hydrogen-bond donors (Lipinski definition) is 1. The van der Waals surface area contributed by atoms with Crippen molar-refractivity contribution in [1.82, 2.24) is 20.0 Å². The van der Waals surface area contributed by atoms with Gasteiger partial charge in [-0.15, -0.1) is 0 Å². The first-order valence-electron chi connectivity index (χ1n) is 9.57. The van der Waals surface area contributed by atoms with Crippen molar-refractivity contribution < 1.29 is 19.1 Å². The van der Waals surface area contributed by atoms with E-state index in [2.05, 4.69) is 26.3 Å². The highest BCUT2D eigenvalue weighted by atomic mass is 79.9. The molecule has 0 atom stereocenters. The highest BCUT2D eigenvalue weighted by Crippen LogP contribution is 2.26. The Labute approximate surface area is 186 Å². The Hall–Kier alpha value is -3.46. The van der Waals surface area contributed by atoms with Crippen molar-refractivity contribution in [2.24, 2.45) is 0 Å². The van der Waals surface area contributed by atoms with Crippen LogP contribution in [0.3, 0.4) is 0 Å². The summed E-state index contributed by atoms with van der Waals surface area (Å²) < 4.78 is 7.58. The van der Waals surface area contributed by atoms with E-state index in [-0.39, 0.29) is 37.2 Å². The number of imide groups is 1. The van der Waals surface area contributed by atoms with Gasteiger partial charge < -0.3 is 10.1 Å². The molecule has 158 valence electrons. The molecule has 8 nitrogen and oxygen atoms in total. The molecule has 9 heteroatoms. The van der Waals surface area contributed by atoms with Crippen molar-refractivity contribution in [1.29, 1.82) is 0 Å². The molecular weight excluding hydrogens is 464 g/mol. The largest absolute Gasteiger partial charge is 0.497 e. The van der Waals surface area contributed by atoms with E-state index in [4.69, 9.17) is 4.74 Å². The number of ether oxygens (including phenoxy) is 1. The zero-order valence-corrected chi connectivity index (χ0v) is 18.3. The number of carbonyl (C=O) groups is 3. The standard InChI is InChI=1S/C22H19BrN4O4/c1-31-17-5-3-16(4-6-17)27-11-8-15(25-27)13-24-20(28)9-10-26-21(29)18-7-2-14(23)12-19(18)22(26)30/h2-8,11-12H,9-10,13H2,1H3,(H,24,28). The van der Waals surface area contributed by atoms with Gasteiger partial charge >= 0.3 is 0 Å². The van der Waals surface area contributed by atoms with E-state index in [9.17, 15) is 14.4 Å². The maximum Gasteiger partial charge on any atom is 0.261 e. The van der Waals surface area contributed by atoms with Gasteiger partial charge in [-0.1, -0.05) is 15.9 Å². The van der Waals surface area contributed by atoms with Gasteiger partial charge in [-0.05, 0) is 48.5 Å². The molecule has 4 rings (SSSR count). The topological polar surface area (TPSA) is 93.5 Å². The van der Waals surface area contributed by atoms with Crippen LogP contribution in [0, 0.1) is 0 Å². The minimum absolute atomic E-state index is 0.0197. The van der Waals surface area contributed by atoms with Crippen LogP contribution in [0.5, 0.6) is 5.75 Å². The van der Waals surface area contributed by atoms with Crippen LogP contribution in [-0.2, 0) is 11.3 Å². The second-order valence-electron chi connectivity index (χ2n) is 6.93. The predicted molar refractivity (Wildman–Crippen MR) is 116 cm³/mol. The molecule has 0 aliphatic carbocycles. The number of aromatic nitrogens is 2. The second-order valence-corrected chi connectivity index (χ2v) is 7.84. The molecule has 0 spiro atoms. The number of fused-ring (bicyclic) bond motifs is 1. The third-order valence-corrected chi connectivity index (χ3v) is 5.44. The highest BCUT2D eigenvalue weighted by Gasteiger charge is 2.35. The quantitative estimate of drug-likeness (QED) is 0.522. The summed E-state index contributed by atoms with van der Waals surface area (Å²) in [4.78, 5) is 38.2. The first-order chi connectivity index (χ1) is 15.0. The summed E-state index contributed by atoms with van der Waals surface area (Å²) in [7, 11) is 1.61. The maximum absolute atomic E-state index is 12.5. The minimum Gasteiger partial charge on any atom is -0.497 e. The lowest BCUT2D eigenvalue weighted by atomic mass is 10.1. The smallest absolute Gasteiger partial charge is 0.261 e. The molecule has 31 heavy (non-hydrogen) atoms. The van der Waals surface area contributed by atoms with Gasteiger partial charge in [0.25, 0.3) is 11.8 Å². The van der Waals surface area contributed by atoms with Crippen LogP contribution >= 0.6 is 15.9 Å². The SMILES string of the molecule is COc1ccc(-n2ccc(CNC(=O)CCN3C(=O)c4ccc(Br)cc4C3=O)n2)cc1. The number of hydrogen-bond acceptors (Lipinski definition) is 5. The van der Waals surface area contributed by atoms with E-state index in [0.717, 1.165) is 20.8 Å². The zero-order chi connectivity index (χ0) is 22.0. The fourth-order valence-corrected chi connectivity index (χ4v) is 3.65. The Balaban J connectivity index is 1.30. The number of methoxy groups -OCH3 is 1. The Bertz CT molecular complexity index is 1160. The monoisotopic (exact) mass is 482 g/mol. The van der Waals surface area contributed by atoms with E-state index >= 15 is 0 Å². The van der Waals surface area contributed by atoms with Crippen LogP contribution in [0.4, 0.5) is 0 Å². The molecule has 0 bridgehead atoms. The average Bonchev–Trinajstić information content (AvgIpc) is 3.34. The minimum atomic E-state index is -0.382. The Morgan fingerprint density at radius 3 is 2.55 bits per heavy atom. The van der Waals surface area contributed by atoms with Gasteiger partial charge in [0, 0.05) is 23.6 Å². The summed E-state index contributed by atoms with van der Waals surface area (Å²) >= 11 is 3.30. The first kappa shape index (κ1) is 20.8. The van der Waals surface area contributed by atoms with Crippen molar-refractivity contribution in [2.45, 2.75) is 13.0 Å². The van der Waals surface area contributed by atoms with Gasteiger partial charge in [0.2, 0.25) is 5.91 Å². The molecule has 1 aliphatic rings. The molecule has 2 aromatic carbocycles. The summed E-state index contributed by atoms with van der Waals surface area (Å²) in [6, 6.07) is 14.2. The van der Waals surface area contributed by atoms with Crippen molar-refractivity contribution in [3.63, 3.8) is 0 Å². The molecule has 0 saturated carbocycles. The number of nitrogens with one attached hydrogen (secondary N) is 1. The first-order valence-corrected chi connectivity index (χ1v) is 10.4. The molecule has 3 aromatic rings. The van der Waals surface area contributed by atoms with Gasteiger partial charge in [-0.25, -0.2) is 4.68 Å². The Morgan fingerprint density at radius 2 is 1.81 bits per heavy atom. The van der Waals surface area contributed by atoms with Crippen LogP contribution in [0.15, 0.2) is 59.2 Å². The lowest BCUT2D eigenvalue weighted by molar-refractivity contribution is -0.121. The van der Waals surface area contributed by atoms with Gasteiger partial charge in [-0.3, -0.25) is 19.3 Å². The zero-order valence-electron chi connectivity index (χ0n) is 16.7. The molecular formula is C22H19BrN4O4. The summed E-state index contributed by atoms with van der Waals surface area (Å²) in [5.74, 6) is -0.267.